The van der Waals surface area contributed by atoms with Crippen molar-refractivity contribution in [1.29, 1.82) is 0 Å². The van der Waals surface area contributed by atoms with Crippen molar-refractivity contribution in [2.75, 3.05) is 19.0 Å². The summed E-state index contributed by atoms with van der Waals surface area (Å²) in [6.07, 6.45) is 0.521. The number of fused-ring (bicyclic) bond motifs is 1. The van der Waals surface area contributed by atoms with Crippen molar-refractivity contribution in [3.63, 3.8) is 0 Å². The van der Waals surface area contributed by atoms with Gasteiger partial charge in [0.2, 0.25) is 0 Å². The normalized spacial score (nSPS) is 11.0. The zero-order valence-electron chi connectivity index (χ0n) is 14.7. The van der Waals surface area contributed by atoms with Crippen LogP contribution in [0.5, 0.6) is 5.75 Å². The number of hydrogen-bond donors (Lipinski definition) is 1. The maximum absolute atomic E-state index is 12.8. The molecule has 2 aromatic carbocycles. The summed E-state index contributed by atoms with van der Waals surface area (Å²) in [4.78, 5) is 17.4. The van der Waals surface area contributed by atoms with Gasteiger partial charge in [-0.05, 0) is 37.1 Å². The first-order chi connectivity index (χ1) is 12.7. The predicted molar refractivity (Wildman–Crippen MR) is 105 cm³/mol. The zero-order chi connectivity index (χ0) is 18.4. The smallest absolute Gasteiger partial charge is 0.262 e. The van der Waals surface area contributed by atoms with Gasteiger partial charge in [-0.2, -0.15) is 0 Å². The number of thioether (sulfide) groups is 1. The van der Waals surface area contributed by atoms with E-state index in [-0.39, 0.29) is 12.2 Å². The van der Waals surface area contributed by atoms with Crippen LogP contribution in [0.25, 0.3) is 10.9 Å². The Balaban J connectivity index is 1.75. The Morgan fingerprint density at radius 3 is 2.73 bits per heavy atom. The number of hydrogen-bond acceptors (Lipinski definition) is 5. The first-order valence-electron chi connectivity index (χ1n) is 8.62. The lowest BCUT2D eigenvalue weighted by molar-refractivity contribution is 0.276. The molecule has 0 fully saturated rings. The van der Waals surface area contributed by atoms with Gasteiger partial charge in [0.15, 0.2) is 5.16 Å². The van der Waals surface area contributed by atoms with E-state index in [2.05, 4.69) is 4.98 Å². The highest BCUT2D eigenvalue weighted by atomic mass is 32.2. The number of aliphatic hydroxyl groups excluding tert-OH is 1. The fourth-order valence-electron chi connectivity index (χ4n) is 2.69. The van der Waals surface area contributed by atoms with Gasteiger partial charge < -0.3 is 9.84 Å². The molecule has 136 valence electrons. The number of rotatable bonds is 8. The lowest BCUT2D eigenvalue weighted by atomic mass is 10.2. The second kappa shape index (κ2) is 8.87. The highest BCUT2D eigenvalue weighted by molar-refractivity contribution is 7.99. The van der Waals surface area contributed by atoms with E-state index >= 15 is 0 Å². The molecule has 1 heterocycles. The van der Waals surface area contributed by atoms with Gasteiger partial charge in [0.1, 0.15) is 5.75 Å². The lowest BCUT2D eigenvalue weighted by Crippen LogP contribution is -2.24. The molecule has 0 amide bonds. The van der Waals surface area contributed by atoms with Crippen molar-refractivity contribution in [1.82, 2.24) is 9.55 Å². The minimum absolute atomic E-state index is 0.0414. The SMILES string of the molecule is Cc1ccccc1OCCSc1nc2ccccc2c(=O)n1CCCO. The molecule has 1 N–H and O–H groups in total. The molecule has 3 rings (SSSR count). The summed E-state index contributed by atoms with van der Waals surface area (Å²) < 4.78 is 7.47. The maximum atomic E-state index is 12.8. The number of benzene rings is 2. The molecule has 0 saturated heterocycles. The minimum Gasteiger partial charge on any atom is -0.492 e. The second-order valence-electron chi connectivity index (χ2n) is 5.91. The fourth-order valence-corrected chi connectivity index (χ4v) is 3.53. The summed E-state index contributed by atoms with van der Waals surface area (Å²) in [7, 11) is 0. The summed E-state index contributed by atoms with van der Waals surface area (Å²) >= 11 is 1.50. The van der Waals surface area contributed by atoms with Gasteiger partial charge in [-0.25, -0.2) is 4.98 Å². The summed E-state index contributed by atoms with van der Waals surface area (Å²) in [5, 5.41) is 10.4. The molecule has 0 radical (unpaired) electrons. The van der Waals surface area contributed by atoms with Gasteiger partial charge in [0.05, 0.1) is 17.5 Å². The Hall–Kier alpha value is -2.31. The Morgan fingerprint density at radius 2 is 1.92 bits per heavy atom. The van der Waals surface area contributed by atoms with E-state index in [0.29, 0.717) is 41.4 Å². The van der Waals surface area contributed by atoms with Crippen molar-refractivity contribution in [3.05, 3.63) is 64.4 Å². The van der Waals surface area contributed by atoms with Gasteiger partial charge in [-0.1, -0.05) is 42.1 Å². The van der Waals surface area contributed by atoms with Crippen LogP contribution < -0.4 is 10.3 Å². The minimum atomic E-state index is -0.0635. The summed E-state index contributed by atoms with van der Waals surface area (Å²) in [5.74, 6) is 1.55. The van der Waals surface area contributed by atoms with Crippen LogP contribution in [0.2, 0.25) is 0 Å². The average Bonchev–Trinajstić information content (AvgIpc) is 2.66. The standard InChI is InChI=1S/C20H22N2O3S/c1-15-7-2-5-10-18(15)25-13-14-26-20-21-17-9-4-3-8-16(17)19(24)22(20)11-6-12-23/h2-5,7-10,23H,6,11-14H2,1H3. The average molecular weight is 370 g/mol. The third kappa shape index (κ3) is 4.26. The summed E-state index contributed by atoms with van der Waals surface area (Å²) in [6, 6.07) is 15.2. The third-order valence-electron chi connectivity index (χ3n) is 4.03. The molecule has 5 nitrogen and oxygen atoms in total. The molecule has 0 aliphatic carbocycles. The summed E-state index contributed by atoms with van der Waals surface area (Å²) in [6.45, 7) is 3.03. The fraction of sp³-hybridized carbons (Fsp3) is 0.300. The van der Waals surface area contributed by atoms with Crippen molar-refractivity contribution in [2.45, 2.75) is 25.0 Å². The van der Waals surface area contributed by atoms with Gasteiger partial charge >= 0.3 is 0 Å². The third-order valence-corrected chi connectivity index (χ3v) is 4.97. The van der Waals surface area contributed by atoms with E-state index in [4.69, 9.17) is 9.84 Å². The lowest BCUT2D eigenvalue weighted by Gasteiger charge is -2.13. The van der Waals surface area contributed by atoms with Gasteiger partial charge in [0, 0.05) is 18.9 Å². The van der Waals surface area contributed by atoms with Crippen LogP contribution in [-0.4, -0.2) is 33.6 Å². The number of aryl methyl sites for hydroxylation is 1. The molecule has 0 aliphatic heterocycles. The molecule has 26 heavy (non-hydrogen) atoms. The number of aliphatic hydroxyl groups is 1. The summed E-state index contributed by atoms with van der Waals surface area (Å²) in [5.41, 5.74) is 1.73. The Morgan fingerprint density at radius 1 is 1.15 bits per heavy atom. The number of para-hydroxylation sites is 2. The van der Waals surface area contributed by atoms with E-state index in [0.717, 1.165) is 11.3 Å². The Labute approximate surface area is 156 Å². The molecular weight excluding hydrogens is 348 g/mol. The van der Waals surface area contributed by atoms with Gasteiger partial charge in [-0.3, -0.25) is 9.36 Å². The van der Waals surface area contributed by atoms with E-state index in [9.17, 15) is 4.79 Å². The second-order valence-corrected chi connectivity index (χ2v) is 6.97. The van der Waals surface area contributed by atoms with Crippen LogP contribution in [0.1, 0.15) is 12.0 Å². The monoisotopic (exact) mass is 370 g/mol. The number of aromatic nitrogens is 2. The highest BCUT2D eigenvalue weighted by Gasteiger charge is 2.11. The van der Waals surface area contributed by atoms with Crippen LogP contribution >= 0.6 is 11.8 Å². The van der Waals surface area contributed by atoms with Crippen molar-refractivity contribution < 1.29 is 9.84 Å². The Bertz CT molecular complexity index is 940. The predicted octanol–water partition coefficient (Wildman–Crippen LogP) is 3.26. The highest BCUT2D eigenvalue weighted by Crippen LogP contribution is 2.20. The molecule has 3 aromatic rings. The molecule has 0 aliphatic rings. The molecule has 0 atom stereocenters. The number of nitrogens with zero attached hydrogens (tertiary/aromatic N) is 2. The van der Waals surface area contributed by atoms with Crippen molar-refractivity contribution in [2.24, 2.45) is 0 Å². The molecule has 0 spiro atoms. The van der Waals surface area contributed by atoms with E-state index in [1.54, 1.807) is 10.6 Å². The van der Waals surface area contributed by atoms with Crippen molar-refractivity contribution >= 4 is 22.7 Å². The first-order valence-corrected chi connectivity index (χ1v) is 9.61. The largest absolute Gasteiger partial charge is 0.492 e. The first kappa shape index (κ1) is 18.5. The van der Waals surface area contributed by atoms with E-state index in [1.807, 2.05) is 49.4 Å². The van der Waals surface area contributed by atoms with E-state index < -0.39 is 0 Å². The molecule has 0 bridgehead atoms. The van der Waals surface area contributed by atoms with Crippen LogP contribution in [0.4, 0.5) is 0 Å². The van der Waals surface area contributed by atoms with Gasteiger partial charge in [-0.15, -0.1) is 0 Å². The topological polar surface area (TPSA) is 64.3 Å². The van der Waals surface area contributed by atoms with E-state index in [1.165, 1.54) is 11.8 Å². The maximum Gasteiger partial charge on any atom is 0.262 e. The molecule has 6 heteroatoms. The van der Waals surface area contributed by atoms with Gasteiger partial charge in [0.25, 0.3) is 5.56 Å². The molecule has 0 saturated carbocycles. The zero-order valence-corrected chi connectivity index (χ0v) is 15.5. The Kier molecular flexibility index (Phi) is 6.30. The van der Waals surface area contributed by atoms with Crippen LogP contribution in [0, 0.1) is 6.92 Å². The molecule has 1 aromatic heterocycles. The number of ether oxygens (including phenoxy) is 1. The molecular formula is C20H22N2O3S. The van der Waals surface area contributed by atoms with Crippen LogP contribution in [-0.2, 0) is 6.54 Å². The van der Waals surface area contributed by atoms with Crippen molar-refractivity contribution in [3.8, 4) is 5.75 Å². The van der Waals surface area contributed by atoms with Crippen LogP contribution in [0.15, 0.2) is 58.5 Å². The molecule has 0 unspecified atom stereocenters. The quantitative estimate of drug-likeness (QED) is 0.375. The van der Waals surface area contributed by atoms with Crippen LogP contribution in [0.3, 0.4) is 0 Å².